The molecule has 1 unspecified atom stereocenters. The molecule has 7 nitrogen and oxygen atoms in total. The highest BCUT2D eigenvalue weighted by Crippen LogP contribution is 2.37. The maximum Gasteiger partial charge on any atom is 0.224 e. The molecule has 1 aliphatic heterocycles. The van der Waals surface area contributed by atoms with E-state index < -0.39 is 12.0 Å². The van der Waals surface area contributed by atoms with E-state index in [1.54, 1.807) is 30.5 Å². The molecule has 9 heteroatoms. The fraction of sp³-hybridized carbons (Fsp3) is 0.227. The Balaban J connectivity index is 1.67. The van der Waals surface area contributed by atoms with Gasteiger partial charge in [0, 0.05) is 24.8 Å². The van der Waals surface area contributed by atoms with Gasteiger partial charge in [-0.15, -0.1) is 0 Å². The summed E-state index contributed by atoms with van der Waals surface area (Å²) >= 11 is 6.23. The van der Waals surface area contributed by atoms with Gasteiger partial charge in [-0.05, 0) is 36.8 Å². The number of aliphatic hydroxyl groups is 1. The number of rotatable bonds is 6. The lowest BCUT2D eigenvalue weighted by Crippen LogP contribution is -2.24. The summed E-state index contributed by atoms with van der Waals surface area (Å²) in [6, 6.07) is 9.64. The van der Waals surface area contributed by atoms with Crippen LogP contribution in [0.15, 0.2) is 42.6 Å². The van der Waals surface area contributed by atoms with E-state index in [1.807, 2.05) is 6.92 Å². The molecule has 3 aromatic rings. The minimum Gasteiger partial charge on any atom is -0.374 e. The summed E-state index contributed by atoms with van der Waals surface area (Å²) in [5, 5.41) is 19.4. The summed E-state index contributed by atoms with van der Waals surface area (Å²) in [6.45, 7) is 2.77. The number of aliphatic hydroxyl groups excluding tert-OH is 1. The van der Waals surface area contributed by atoms with Gasteiger partial charge in [0.1, 0.15) is 17.9 Å². The SMILES string of the molecule is CCNC(=O)Cc1ccc(Nc2cc(-c3c(F)cccc3Cl)nc3c2C(O)NC3)nc1. The second kappa shape index (κ2) is 8.97. The number of likely N-dealkylation sites (N-methyl/N-ethyl adjacent to an activating group) is 1. The molecule has 4 N–H and O–H groups in total. The van der Waals surface area contributed by atoms with Crippen LogP contribution in [0.2, 0.25) is 5.02 Å². The number of aromatic nitrogens is 2. The van der Waals surface area contributed by atoms with E-state index >= 15 is 0 Å². The molecule has 1 amide bonds. The first-order valence-electron chi connectivity index (χ1n) is 9.84. The van der Waals surface area contributed by atoms with E-state index in [0.29, 0.717) is 41.5 Å². The maximum absolute atomic E-state index is 14.5. The number of amides is 1. The minimum atomic E-state index is -0.910. The Morgan fingerprint density at radius 3 is 2.90 bits per heavy atom. The van der Waals surface area contributed by atoms with Crippen molar-refractivity contribution in [1.29, 1.82) is 0 Å². The van der Waals surface area contributed by atoms with Gasteiger partial charge in [0.2, 0.25) is 5.91 Å². The van der Waals surface area contributed by atoms with Gasteiger partial charge in [-0.2, -0.15) is 0 Å². The van der Waals surface area contributed by atoms with Crippen LogP contribution in [0.25, 0.3) is 11.3 Å². The van der Waals surface area contributed by atoms with Crippen molar-refractivity contribution in [1.82, 2.24) is 20.6 Å². The Morgan fingerprint density at radius 2 is 2.19 bits per heavy atom. The summed E-state index contributed by atoms with van der Waals surface area (Å²) in [6.07, 6.45) is 0.944. The summed E-state index contributed by atoms with van der Waals surface area (Å²) in [4.78, 5) is 20.6. The fourth-order valence-corrected chi connectivity index (χ4v) is 3.76. The zero-order chi connectivity index (χ0) is 22.0. The number of pyridine rings is 2. The fourth-order valence-electron chi connectivity index (χ4n) is 3.50. The second-order valence-corrected chi connectivity index (χ2v) is 7.51. The van der Waals surface area contributed by atoms with Crippen LogP contribution in [0.1, 0.15) is 30.0 Å². The van der Waals surface area contributed by atoms with Crippen molar-refractivity contribution in [3.63, 3.8) is 0 Å². The number of nitrogens with zero attached hydrogens (tertiary/aromatic N) is 2. The lowest BCUT2D eigenvalue weighted by molar-refractivity contribution is -0.120. The molecule has 3 heterocycles. The van der Waals surface area contributed by atoms with E-state index in [0.717, 1.165) is 5.56 Å². The van der Waals surface area contributed by atoms with E-state index in [1.165, 1.54) is 12.1 Å². The highest BCUT2D eigenvalue weighted by atomic mass is 35.5. The monoisotopic (exact) mass is 441 g/mol. The second-order valence-electron chi connectivity index (χ2n) is 7.10. The molecule has 31 heavy (non-hydrogen) atoms. The van der Waals surface area contributed by atoms with Crippen LogP contribution in [0, 0.1) is 5.82 Å². The van der Waals surface area contributed by atoms with Gasteiger partial charge < -0.3 is 15.7 Å². The molecule has 160 valence electrons. The molecule has 0 saturated carbocycles. The first-order valence-corrected chi connectivity index (χ1v) is 10.2. The Kier molecular flexibility index (Phi) is 6.13. The molecule has 1 aliphatic rings. The van der Waals surface area contributed by atoms with Gasteiger partial charge in [0.25, 0.3) is 0 Å². The maximum atomic E-state index is 14.5. The Morgan fingerprint density at radius 1 is 1.35 bits per heavy atom. The van der Waals surface area contributed by atoms with Crippen molar-refractivity contribution in [2.75, 3.05) is 11.9 Å². The van der Waals surface area contributed by atoms with E-state index in [4.69, 9.17) is 11.6 Å². The lowest BCUT2D eigenvalue weighted by atomic mass is 10.1. The average molecular weight is 442 g/mol. The summed E-state index contributed by atoms with van der Waals surface area (Å²) in [5.74, 6) is -0.0412. The Hall–Kier alpha value is -3.07. The first kappa shape index (κ1) is 21.2. The van der Waals surface area contributed by atoms with Gasteiger partial charge in [0.15, 0.2) is 0 Å². The number of benzene rings is 1. The van der Waals surface area contributed by atoms with Crippen LogP contribution in [-0.4, -0.2) is 27.5 Å². The zero-order valence-electron chi connectivity index (χ0n) is 16.7. The van der Waals surface area contributed by atoms with Crippen molar-refractivity contribution < 1.29 is 14.3 Å². The van der Waals surface area contributed by atoms with E-state index in [-0.39, 0.29) is 22.9 Å². The van der Waals surface area contributed by atoms with Crippen LogP contribution in [0.4, 0.5) is 15.9 Å². The van der Waals surface area contributed by atoms with Crippen LogP contribution in [-0.2, 0) is 17.8 Å². The summed E-state index contributed by atoms with van der Waals surface area (Å²) in [7, 11) is 0. The molecule has 1 aromatic carbocycles. The van der Waals surface area contributed by atoms with Crippen LogP contribution in [0.5, 0.6) is 0 Å². The van der Waals surface area contributed by atoms with Gasteiger partial charge in [-0.1, -0.05) is 23.7 Å². The molecule has 0 saturated heterocycles. The zero-order valence-corrected chi connectivity index (χ0v) is 17.5. The molecule has 0 aliphatic carbocycles. The van der Waals surface area contributed by atoms with Gasteiger partial charge in [-0.3, -0.25) is 15.1 Å². The van der Waals surface area contributed by atoms with Crippen molar-refractivity contribution in [3.8, 4) is 11.3 Å². The molecular weight excluding hydrogens is 421 g/mol. The molecule has 4 rings (SSSR count). The molecule has 0 fully saturated rings. The largest absolute Gasteiger partial charge is 0.374 e. The van der Waals surface area contributed by atoms with Gasteiger partial charge >= 0.3 is 0 Å². The third kappa shape index (κ3) is 4.51. The number of hydrogen-bond acceptors (Lipinski definition) is 6. The molecule has 1 atom stereocenters. The van der Waals surface area contributed by atoms with Crippen molar-refractivity contribution >= 4 is 29.0 Å². The molecule has 0 radical (unpaired) electrons. The number of carbonyl (C=O) groups excluding carboxylic acids is 1. The summed E-state index contributed by atoms with van der Waals surface area (Å²) < 4.78 is 14.5. The summed E-state index contributed by atoms with van der Waals surface area (Å²) in [5.41, 5.74) is 3.04. The highest BCUT2D eigenvalue weighted by molar-refractivity contribution is 6.33. The number of anilines is 2. The third-order valence-corrected chi connectivity index (χ3v) is 5.23. The third-order valence-electron chi connectivity index (χ3n) is 4.92. The van der Waals surface area contributed by atoms with Crippen LogP contribution >= 0.6 is 11.6 Å². The number of hydrogen-bond donors (Lipinski definition) is 4. The van der Waals surface area contributed by atoms with E-state index in [2.05, 4.69) is 25.9 Å². The van der Waals surface area contributed by atoms with E-state index in [9.17, 15) is 14.3 Å². The number of fused-ring (bicyclic) bond motifs is 1. The number of carbonyl (C=O) groups is 1. The predicted octanol–water partition coefficient (Wildman–Crippen LogP) is 3.45. The molecular formula is C22H21ClFN5O2. The number of halogens is 2. The van der Waals surface area contributed by atoms with Gasteiger partial charge in [0.05, 0.1) is 34.1 Å². The van der Waals surface area contributed by atoms with Crippen molar-refractivity contribution in [2.45, 2.75) is 26.1 Å². The quantitative estimate of drug-likeness (QED) is 0.467. The molecule has 2 aromatic heterocycles. The number of nitrogens with one attached hydrogen (secondary N) is 3. The smallest absolute Gasteiger partial charge is 0.224 e. The molecule has 0 spiro atoms. The lowest BCUT2D eigenvalue weighted by Gasteiger charge is -2.15. The minimum absolute atomic E-state index is 0.0717. The van der Waals surface area contributed by atoms with Crippen LogP contribution in [0.3, 0.4) is 0 Å². The average Bonchev–Trinajstić information content (AvgIpc) is 3.11. The predicted molar refractivity (Wildman–Crippen MR) is 116 cm³/mol. The standard InChI is InChI=1S/C22H21ClFN5O2/c1-2-25-19(30)8-12-6-7-18(26-10-12)29-16-9-15(20-13(23)4-3-5-14(20)24)28-17-11-27-22(31)21(16)17/h3-7,9-10,22,27,31H,2,8,11H2,1H3,(H,25,30)(H,26,28,29). The highest BCUT2D eigenvalue weighted by Gasteiger charge is 2.27. The normalized spacial score (nSPS) is 14.9. The molecule has 0 bridgehead atoms. The first-order chi connectivity index (χ1) is 15.0. The van der Waals surface area contributed by atoms with Crippen molar-refractivity contribution in [2.24, 2.45) is 0 Å². The Bertz CT molecular complexity index is 1100. The topological polar surface area (TPSA) is 99.2 Å². The van der Waals surface area contributed by atoms with Crippen LogP contribution < -0.4 is 16.0 Å². The van der Waals surface area contributed by atoms with Crippen molar-refractivity contribution in [3.05, 3.63) is 70.3 Å². The Labute approximate surface area is 183 Å². The van der Waals surface area contributed by atoms with Gasteiger partial charge in [-0.25, -0.2) is 9.37 Å².